The van der Waals surface area contributed by atoms with Crippen LogP contribution in [0.1, 0.15) is 46.1 Å². The van der Waals surface area contributed by atoms with Gasteiger partial charge in [0.25, 0.3) is 0 Å². The Morgan fingerprint density at radius 3 is 1.93 bits per heavy atom. The molecule has 158 valence electrons. The summed E-state index contributed by atoms with van der Waals surface area (Å²) in [4.78, 5) is 23.5. The number of ether oxygens (including phenoxy) is 4. The lowest BCUT2D eigenvalue weighted by Crippen LogP contribution is -2.20. The summed E-state index contributed by atoms with van der Waals surface area (Å²) in [6.45, 7) is 9.88. The summed E-state index contributed by atoms with van der Waals surface area (Å²) in [6.07, 6.45) is -0.302. The summed E-state index contributed by atoms with van der Waals surface area (Å²) < 4.78 is 22.2. The van der Waals surface area contributed by atoms with Crippen molar-refractivity contribution in [3.05, 3.63) is 35.9 Å². The summed E-state index contributed by atoms with van der Waals surface area (Å²) >= 11 is 0. The van der Waals surface area contributed by atoms with E-state index in [0.29, 0.717) is 24.7 Å². The molecule has 0 fully saturated rings. The minimum atomic E-state index is -0.328. The molecule has 2 unspecified atom stereocenters. The zero-order chi connectivity index (χ0) is 21.4. The Kier molecular flexibility index (Phi) is 8.31. The minimum absolute atomic E-state index is 0.177. The number of rotatable bonds is 10. The van der Waals surface area contributed by atoms with Crippen LogP contribution in [-0.2, 0) is 19.1 Å². The van der Waals surface area contributed by atoms with Crippen LogP contribution in [-0.4, -0.2) is 37.4 Å². The predicted octanol–water partition coefficient (Wildman–Crippen LogP) is 4.59. The maximum absolute atomic E-state index is 11.7. The van der Waals surface area contributed by atoms with Crippen LogP contribution >= 0.6 is 0 Å². The molecule has 0 spiro atoms. The van der Waals surface area contributed by atoms with E-state index in [0.717, 1.165) is 16.3 Å². The number of fused-ring (bicyclic) bond motifs is 1. The quantitative estimate of drug-likeness (QED) is 0.541. The second kappa shape index (κ2) is 10.7. The molecule has 0 aliphatic heterocycles. The molecule has 6 nitrogen and oxygen atoms in total. The van der Waals surface area contributed by atoms with Crippen molar-refractivity contribution in [3.8, 4) is 11.5 Å². The third-order valence-electron chi connectivity index (χ3n) is 4.31. The van der Waals surface area contributed by atoms with Crippen molar-refractivity contribution >= 4 is 22.7 Å². The van der Waals surface area contributed by atoms with Crippen LogP contribution in [0.4, 0.5) is 0 Å². The van der Waals surface area contributed by atoms with Gasteiger partial charge in [0.15, 0.2) is 0 Å². The lowest BCUT2D eigenvalue weighted by atomic mass is 10.0. The summed E-state index contributed by atoms with van der Waals surface area (Å²) in [5.74, 6) is 0.826. The standard InChI is InChI=1S/C23H30O6/c1-6-26-21(24)13-16(4)28-20-12-15(3)23(19-11-9-8-10-18(19)20)29-17(5)14-22(25)27-7-2/h8-12,16-17H,6-7,13-14H2,1-5H3. The van der Waals surface area contributed by atoms with Gasteiger partial charge in [0, 0.05) is 10.8 Å². The number of hydrogen-bond donors (Lipinski definition) is 0. The zero-order valence-electron chi connectivity index (χ0n) is 17.8. The maximum Gasteiger partial charge on any atom is 0.309 e. The average molecular weight is 402 g/mol. The normalized spacial score (nSPS) is 12.9. The Bertz CT molecular complexity index is 845. The van der Waals surface area contributed by atoms with Crippen LogP contribution in [0.2, 0.25) is 0 Å². The Balaban J connectivity index is 2.25. The molecule has 0 N–H and O–H groups in total. The van der Waals surface area contributed by atoms with Crippen molar-refractivity contribution in [2.45, 2.75) is 59.7 Å². The minimum Gasteiger partial charge on any atom is -0.489 e. The fourth-order valence-corrected chi connectivity index (χ4v) is 3.11. The maximum atomic E-state index is 11.7. The molecule has 29 heavy (non-hydrogen) atoms. The molecular formula is C23H30O6. The van der Waals surface area contributed by atoms with Crippen LogP contribution in [0.5, 0.6) is 11.5 Å². The largest absolute Gasteiger partial charge is 0.489 e. The van der Waals surface area contributed by atoms with Gasteiger partial charge in [0.2, 0.25) is 0 Å². The van der Waals surface area contributed by atoms with E-state index >= 15 is 0 Å². The van der Waals surface area contributed by atoms with Gasteiger partial charge in [0.05, 0.1) is 26.1 Å². The van der Waals surface area contributed by atoms with Gasteiger partial charge in [-0.1, -0.05) is 24.3 Å². The van der Waals surface area contributed by atoms with E-state index in [1.54, 1.807) is 13.8 Å². The smallest absolute Gasteiger partial charge is 0.309 e. The van der Waals surface area contributed by atoms with E-state index in [4.69, 9.17) is 18.9 Å². The van der Waals surface area contributed by atoms with Crippen molar-refractivity contribution in [2.75, 3.05) is 13.2 Å². The molecule has 0 aromatic heterocycles. The van der Waals surface area contributed by atoms with Gasteiger partial charge in [-0.15, -0.1) is 0 Å². The second-order valence-electron chi connectivity index (χ2n) is 6.94. The number of carbonyl (C=O) groups is 2. The Hall–Kier alpha value is -2.76. The first kappa shape index (κ1) is 22.5. The summed E-state index contributed by atoms with van der Waals surface area (Å²) in [6, 6.07) is 9.65. The van der Waals surface area contributed by atoms with Crippen LogP contribution in [0, 0.1) is 6.92 Å². The molecule has 2 atom stereocenters. The van der Waals surface area contributed by atoms with Gasteiger partial charge in [-0.05, 0) is 46.2 Å². The number of hydrogen-bond acceptors (Lipinski definition) is 6. The zero-order valence-corrected chi connectivity index (χ0v) is 17.8. The topological polar surface area (TPSA) is 71.1 Å². The molecule has 2 rings (SSSR count). The first-order valence-corrected chi connectivity index (χ1v) is 10.0. The van der Waals surface area contributed by atoms with Crippen LogP contribution in [0.15, 0.2) is 30.3 Å². The molecule has 0 bridgehead atoms. The molecule has 6 heteroatoms. The summed E-state index contributed by atoms with van der Waals surface area (Å²) in [7, 11) is 0. The SMILES string of the molecule is CCOC(=O)CC(C)Oc1cc(C)c(OC(C)CC(=O)OCC)c2ccccc12. The fraction of sp³-hybridized carbons (Fsp3) is 0.478. The second-order valence-corrected chi connectivity index (χ2v) is 6.94. The molecule has 0 aliphatic carbocycles. The van der Waals surface area contributed by atoms with Gasteiger partial charge >= 0.3 is 11.9 Å². The lowest BCUT2D eigenvalue weighted by Gasteiger charge is -2.21. The van der Waals surface area contributed by atoms with Gasteiger partial charge in [-0.2, -0.15) is 0 Å². The van der Waals surface area contributed by atoms with Crippen molar-refractivity contribution in [3.63, 3.8) is 0 Å². The molecule has 0 amide bonds. The Labute approximate surface area is 172 Å². The highest BCUT2D eigenvalue weighted by Crippen LogP contribution is 2.37. The third kappa shape index (κ3) is 6.38. The van der Waals surface area contributed by atoms with E-state index in [1.807, 2.05) is 51.1 Å². The molecule has 0 heterocycles. The van der Waals surface area contributed by atoms with Crippen molar-refractivity contribution < 1.29 is 28.5 Å². The molecule has 0 radical (unpaired) electrons. The van der Waals surface area contributed by atoms with E-state index in [2.05, 4.69) is 0 Å². The van der Waals surface area contributed by atoms with Gasteiger partial charge in [-0.25, -0.2) is 0 Å². The first-order valence-electron chi connectivity index (χ1n) is 10.0. The molecule has 0 saturated heterocycles. The summed E-state index contributed by atoms with van der Waals surface area (Å²) in [5.41, 5.74) is 0.887. The van der Waals surface area contributed by atoms with Crippen molar-refractivity contribution in [1.82, 2.24) is 0 Å². The highest BCUT2D eigenvalue weighted by atomic mass is 16.5. The number of carbonyl (C=O) groups excluding carboxylic acids is 2. The first-order chi connectivity index (χ1) is 13.8. The van der Waals surface area contributed by atoms with E-state index in [9.17, 15) is 9.59 Å². The third-order valence-corrected chi connectivity index (χ3v) is 4.31. The van der Waals surface area contributed by atoms with Crippen LogP contribution < -0.4 is 9.47 Å². The van der Waals surface area contributed by atoms with Gasteiger partial charge in [0.1, 0.15) is 23.7 Å². The Morgan fingerprint density at radius 1 is 0.862 bits per heavy atom. The Morgan fingerprint density at radius 2 is 1.38 bits per heavy atom. The van der Waals surface area contributed by atoms with Crippen molar-refractivity contribution in [2.24, 2.45) is 0 Å². The monoisotopic (exact) mass is 402 g/mol. The molecule has 0 saturated carbocycles. The predicted molar refractivity (Wildman–Crippen MR) is 111 cm³/mol. The van der Waals surface area contributed by atoms with Crippen LogP contribution in [0.3, 0.4) is 0 Å². The van der Waals surface area contributed by atoms with Gasteiger partial charge in [-0.3, -0.25) is 9.59 Å². The highest BCUT2D eigenvalue weighted by molar-refractivity contribution is 5.94. The number of esters is 2. The van der Waals surface area contributed by atoms with E-state index in [-0.39, 0.29) is 37.0 Å². The van der Waals surface area contributed by atoms with Gasteiger partial charge < -0.3 is 18.9 Å². The molecule has 0 aliphatic rings. The fourth-order valence-electron chi connectivity index (χ4n) is 3.11. The molecular weight excluding hydrogens is 372 g/mol. The number of aryl methyl sites for hydroxylation is 1. The van der Waals surface area contributed by atoms with Crippen molar-refractivity contribution in [1.29, 1.82) is 0 Å². The lowest BCUT2D eigenvalue weighted by molar-refractivity contribution is -0.145. The molecule has 2 aromatic carbocycles. The van der Waals surface area contributed by atoms with E-state index in [1.165, 1.54) is 0 Å². The summed E-state index contributed by atoms with van der Waals surface area (Å²) in [5, 5.41) is 1.77. The van der Waals surface area contributed by atoms with Crippen LogP contribution in [0.25, 0.3) is 10.8 Å². The average Bonchev–Trinajstić information content (AvgIpc) is 2.65. The molecule has 2 aromatic rings. The number of benzene rings is 2. The van der Waals surface area contributed by atoms with E-state index < -0.39 is 0 Å². The highest BCUT2D eigenvalue weighted by Gasteiger charge is 2.19.